The van der Waals surface area contributed by atoms with Crippen LogP contribution in [0.4, 0.5) is 10.1 Å². The van der Waals surface area contributed by atoms with Crippen LogP contribution in [0.15, 0.2) is 22.0 Å². The van der Waals surface area contributed by atoms with Crippen LogP contribution in [0.5, 0.6) is 0 Å². The molecular weight excluding hydrogens is 616 g/mol. The highest BCUT2D eigenvalue weighted by atomic mass is 32.2. The summed E-state index contributed by atoms with van der Waals surface area (Å²) in [6.45, 7) is 7.09. The number of carboxylic acid groups (broad SMARTS) is 1. The van der Waals surface area contributed by atoms with Crippen molar-refractivity contribution >= 4 is 57.9 Å². The summed E-state index contributed by atoms with van der Waals surface area (Å²) < 4.78 is 17.1. The molecule has 0 saturated carbocycles. The fourth-order valence-electron chi connectivity index (χ4n) is 6.17. The monoisotopic (exact) mass is 662 g/mol. The number of benzene rings is 1. The van der Waals surface area contributed by atoms with E-state index in [9.17, 15) is 24.3 Å². The van der Waals surface area contributed by atoms with E-state index in [2.05, 4.69) is 12.2 Å². The van der Waals surface area contributed by atoms with Gasteiger partial charge in [-0.3, -0.25) is 14.4 Å². The molecule has 1 unspecified atom stereocenters. The van der Waals surface area contributed by atoms with Crippen LogP contribution in [-0.4, -0.2) is 76.1 Å². The number of nitrogens with one attached hydrogen (secondary N) is 1. The maximum atomic E-state index is 15.4. The third-order valence-electron chi connectivity index (χ3n) is 8.62. The highest BCUT2D eigenvalue weighted by Gasteiger charge is 2.34. The molecule has 12 heteroatoms. The predicted octanol–water partition coefficient (Wildman–Crippen LogP) is 6.27. The van der Waals surface area contributed by atoms with Crippen LogP contribution in [0.3, 0.4) is 0 Å². The molecule has 1 fully saturated rings. The smallest absolute Gasteiger partial charge is 0.342 e. The van der Waals surface area contributed by atoms with Crippen LogP contribution >= 0.6 is 23.5 Å². The van der Waals surface area contributed by atoms with Gasteiger partial charge in [-0.1, -0.05) is 76.5 Å². The SMILES string of the molecule is CCCCCCCCCCCCSC[C@H](NC(C)=O)C(=O)N1CCN(c2cc3c(cc2F)c(=O)c(C(=O)O)c2n3C(C)S2)CC1. The van der Waals surface area contributed by atoms with E-state index < -0.39 is 23.3 Å². The summed E-state index contributed by atoms with van der Waals surface area (Å²) in [5.41, 5.74) is -0.174. The van der Waals surface area contributed by atoms with Crippen molar-refractivity contribution < 1.29 is 23.9 Å². The molecule has 0 bridgehead atoms. The average Bonchev–Trinajstić information content (AvgIpc) is 3.00. The second-order valence-electron chi connectivity index (χ2n) is 12.0. The molecule has 2 aromatic rings. The molecule has 2 atom stereocenters. The Morgan fingerprint density at radius 1 is 1.02 bits per heavy atom. The number of pyridine rings is 1. The van der Waals surface area contributed by atoms with E-state index in [1.165, 1.54) is 76.5 Å². The van der Waals surface area contributed by atoms with Crippen LogP contribution in [0.2, 0.25) is 0 Å². The Morgan fingerprint density at radius 3 is 2.22 bits per heavy atom. The Kier molecular flexibility index (Phi) is 13.1. The summed E-state index contributed by atoms with van der Waals surface area (Å²) in [7, 11) is 0. The maximum absolute atomic E-state index is 15.4. The Morgan fingerprint density at radius 2 is 1.64 bits per heavy atom. The minimum absolute atomic E-state index is 0.0480. The third-order valence-corrected chi connectivity index (χ3v) is 10.9. The van der Waals surface area contributed by atoms with E-state index in [4.69, 9.17) is 0 Å². The lowest BCUT2D eigenvalue weighted by Gasteiger charge is -2.38. The molecule has 9 nitrogen and oxygen atoms in total. The van der Waals surface area contributed by atoms with Gasteiger partial charge < -0.3 is 24.8 Å². The molecule has 1 aromatic carbocycles. The summed E-state index contributed by atoms with van der Waals surface area (Å²) in [4.78, 5) is 53.6. The fraction of sp³-hybridized carbons (Fsp3) is 0.636. The summed E-state index contributed by atoms with van der Waals surface area (Å²) in [5.74, 6) is -0.814. The van der Waals surface area contributed by atoms with Crippen molar-refractivity contribution in [2.45, 2.75) is 101 Å². The minimum Gasteiger partial charge on any atom is -0.477 e. The van der Waals surface area contributed by atoms with E-state index in [0.29, 0.717) is 48.2 Å². The number of halogens is 1. The Hall–Kier alpha value is -2.73. The van der Waals surface area contributed by atoms with Gasteiger partial charge in [-0.05, 0) is 31.2 Å². The molecule has 1 aromatic heterocycles. The van der Waals surface area contributed by atoms with E-state index in [1.54, 1.807) is 27.3 Å². The van der Waals surface area contributed by atoms with Crippen LogP contribution in [0.25, 0.3) is 10.9 Å². The number of piperazine rings is 1. The highest BCUT2D eigenvalue weighted by molar-refractivity contribution is 8.00. The number of aromatic carboxylic acids is 1. The highest BCUT2D eigenvalue weighted by Crippen LogP contribution is 2.46. The van der Waals surface area contributed by atoms with Crippen molar-refractivity contribution in [1.29, 1.82) is 0 Å². The van der Waals surface area contributed by atoms with Crippen molar-refractivity contribution in [3.05, 3.63) is 33.7 Å². The molecule has 0 spiro atoms. The molecule has 248 valence electrons. The van der Waals surface area contributed by atoms with Crippen LogP contribution in [0.1, 0.15) is 101 Å². The zero-order valence-corrected chi connectivity index (χ0v) is 28.4. The number of anilines is 1. The number of hydrogen-bond acceptors (Lipinski definition) is 7. The number of carbonyl (C=O) groups is 3. The number of aromatic nitrogens is 1. The number of nitrogens with zero attached hydrogens (tertiary/aromatic N) is 3. The minimum atomic E-state index is -1.31. The van der Waals surface area contributed by atoms with Crippen molar-refractivity contribution in [3.8, 4) is 0 Å². The second kappa shape index (κ2) is 16.7. The Bertz CT molecular complexity index is 1430. The molecule has 2 N–H and O–H groups in total. The van der Waals surface area contributed by atoms with Gasteiger partial charge >= 0.3 is 5.97 Å². The van der Waals surface area contributed by atoms with E-state index >= 15 is 4.39 Å². The molecule has 0 aliphatic carbocycles. The Balaban J connectivity index is 1.29. The van der Waals surface area contributed by atoms with Gasteiger partial charge in [-0.25, -0.2) is 9.18 Å². The van der Waals surface area contributed by atoms with E-state index in [0.717, 1.165) is 18.2 Å². The topological polar surface area (TPSA) is 112 Å². The number of rotatable bonds is 17. The number of carbonyl (C=O) groups excluding carboxylic acids is 2. The van der Waals surface area contributed by atoms with Gasteiger partial charge in [0.15, 0.2) is 0 Å². The fourth-order valence-corrected chi connectivity index (χ4v) is 8.36. The molecule has 3 heterocycles. The van der Waals surface area contributed by atoms with Crippen LogP contribution in [0, 0.1) is 5.82 Å². The normalized spacial score (nSPS) is 16.8. The first kappa shape index (κ1) is 35.1. The quantitative estimate of drug-likeness (QED) is 0.191. The van der Waals surface area contributed by atoms with Crippen LogP contribution < -0.4 is 15.6 Å². The molecular formula is C33H47FN4O5S2. The molecule has 45 heavy (non-hydrogen) atoms. The molecule has 2 amide bonds. The van der Waals surface area contributed by atoms with Gasteiger partial charge in [0, 0.05) is 44.2 Å². The van der Waals surface area contributed by atoms with Gasteiger partial charge in [-0.2, -0.15) is 11.8 Å². The summed E-state index contributed by atoms with van der Waals surface area (Å²) in [6.07, 6.45) is 12.8. The number of fused-ring (bicyclic) bond motifs is 3. The van der Waals surface area contributed by atoms with Gasteiger partial charge in [0.05, 0.1) is 21.6 Å². The standard InChI is InChI=1S/C33H47FN4O5S2/c1-4-5-6-7-8-9-10-11-12-13-18-44-21-26(35-22(2)39)31(41)37-16-14-36(15-17-37)28-20-27-24(19-25(28)34)30(40)29(33(42)43)32-38(27)23(3)45-32/h19-20,23,26H,4-18,21H2,1-3H3,(H,35,39)(H,42,43)/t23?,26-/m0/s1. The lowest BCUT2D eigenvalue weighted by molar-refractivity contribution is -0.135. The maximum Gasteiger partial charge on any atom is 0.342 e. The van der Waals surface area contributed by atoms with E-state index in [1.807, 2.05) is 11.8 Å². The summed E-state index contributed by atoms with van der Waals surface area (Å²) in [5, 5.41) is 12.8. The van der Waals surface area contributed by atoms with Gasteiger partial charge in [-0.15, -0.1) is 0 Å². The van der Waals surface area contributed by atoms with Gasteiger partial charge in [0.1, 0.15) is 17.4 Å². The third kappa shape index (κ3) is 8.75. The Labute approximate surface area is 273 Å². The molecule has 4 rings (SSSR count). The summed E-state index contributed by atoms with van der Waals surface area (Å²) in [6, 6.07) is 2.16. The average molecular weight is 663 g/mol. The number of unbranched alkanes of at least 4 members (excludes halogenated alkanes) is 9. The molecule has 2 aliphatic rings. The molecule has 1 saturated heterocycles. The summed E-state index contributed by atoms with van der Waals surface area (Å²) >= 11 is 3.00. The van der Waals surface area contributed by atoms with Gasteiger partial charge in [0.25, 0.3) is 0 Å². The number of amides is 2. The zero-order chi connectivity index (χ0) is 32.5. The lowest BCUT2D eigenvalue weighted by Crippen LogP contribution is -2.55. The largest absolute Gasteiger partial charge is 0.477 e. The van der Waals surface area contributed by atoms with Crippen molar-refractivity contribution in [2.24, 2.45) is 0 Å². The lowest BCUT2D eigenvalue weighted by atomic mass is 10.1. The number of carboxylic acids is 1. The number of thioether (sulfide) groups is 2. The van der Waals surface area contributed by atoms with Crippen molar-refractivity contribution in [1.82, 2.24) is 14.8 Å². The zero-order valence-electron chi connectivity index (χ0n) is 26.7. The van der Waals surface area contributed by atoms with Crippen LogP contribution in [-0.2, 0) is 9.59 Å². The predicted molar refractivity (Wildman–Crippen MR) is 181 cm³/mol. The first-order valence-electron chi connectivity index (χ1n) is 16.3. The first-order valence-corrected chi connectivity index (χ1v) is 18.4. The first-order chi connectivity index (χ1) is 21.6. The number of hydrogen-bond donors (Lipinski definition) is 2. The van der Waals surface area contributed by atoms with Crippen molar-refractivity contribution in [2.75, 3.05) is 42.6 Å². The van der Waals surface area contributed by atoms with E-state index in [-0.39, 0.29) is 28.1 Å². The van der Waals surface area contributed by atoms with Crippen molar-refractivity contribution in [3.63, 3.8) is 0 Å². The second-order valence-corrected chi connectivity index (χ2v) is 14.5. The molecule has 2 aliphatic heterocycles. The van der Waals surface area contributed by atoms with Gasteiger partial charge in [0.2, 0.25) is 17.2 Å². The molecule has 0 radical (unpaired) electrons.